The summed E-state index contributed by atoms with van der Waals surface area (Å²) >= 11 is 0. The molecule has 0 atom stereocenters. The molecule has 0 unspecified atom stereocenters. The number of halogens is 1. The minimum absolute atomic E-state index is 0. The molecule has 2 N–H and O–H groups in total. The Bertz CT molecular complexity index is 686. The van der Waals surface area contributed by atoms with Crippen molar-refractivity contribution in [1.82, 2.24) is 4.57 Å². The number of nitrogen functional groups attached to an aromatic ring is 1. The molecular formula is C15H17ClN2O2. The lowest BCUT2D eigenvalue weighted by molar-refractivity contribution is -0.0653. The maximum Gasteiger partial charge on any atom is 0.357 e. The fraction of sp³-hybridized carbons (Fsp3) is 0.400. The van der Waals surface area contributed by atoms with Gasteiger partial charge in [0.25, 0.3) is 0 Å². The number of carbonyl (C=O) groups is 1. The normalized spacial score (nSPS) is 19.7. The van der Waals surface area contributed by atoms with E-state index < -0.39 is 5.72 Å². The molecule has 1 aromatic heterocycles. The number of nitrogens with zero attached hydrogens (tertiary/aromatic N) is 1. The van der Waals surface area contributed by atoms with E-state index in [0.717, 1.165) is 42.3 Å². The Hall–Kier alpha value is -1.68. The van der Waals surface area contributed by atoms with Crippen LogP contribution < -0.4 is 5.73 Å². The molecule has 4 nitrogen and oxygen atoms in total. The average Bonchev–Trinajstić information content (AvgIpc) is 2.88. The van der Waals surface area contributed by atoms with Crippen molar-refractivity contribution in [2.75, 3.05) is 5.73 Å². The average molecular weight is 293 g/mol. The van der Waals surface area contributed by atoms with Crippen LogP contribution in [0.5, 0.6) is 0 Å². The van der Waals surface area contributed by atoms with Gasteiger partial charge in [-0.1, -0.05) is 6.42 Å². The Balaban J connectivity index is 0.00000121. The molecule has 1 spiro atoms. The molecule has 2 aliphatic rings. The van der Waals surface area contributed by atoms with Gasteiger partial charge in [-0.15, -0.1) is 12.4 Å². The van der Waals surface area contributed by atoms with Crippen LogP contribution in [0.15, 0.2) is 24.3 Å². The third-order valence-corrected chi connectivity index (χ3v) is 4.36. The molecule has 0 radical (unpaired) electrons. The first-order chi connectivity index (χ1) is 9.20. The number of hydrogen-bond acceptors (Lipinski definition) is 3. The highest BCUT2D eigenvalue weighted by Gasteiger charge is 2.46. The monoisotopic (exact) mass is 292 g/mol. The predicted octanol–water partition coefficient (Wildman–Crippen LogP) is 3.43. The van der Waals surface area contributed by atoms with E-state index in [2.05, 4.69) is 4.57 Å². The molecule has 1 saturated carbocycles. The molecule has 0 amide bonds. The first-order valence-electron chi connectivity index (χ1n) is 6.84. The molecule has 1 aromatic carbocycles. The van der Waals surface area contributed by atoms with Crippen molar-refractivity contribution in [2.24, 2.45) is 0 Å². The molecule has 20 heavy (non-hydrogen) atoms. The van der Waals surface area contributed by atoms with Gasteiger partial charge in [-0.25, -0.2) is 4.79 Å². The number of nitrogens with two attached hydrogens (primary N) is 1. The molecule has 106 valence electrons. The zero-order valence-electron chi connectivity index (χ0n) is 11.1. The first kappa shape index (κ1) is 13.3. The third kappa shape index (κ3) is 1.64. The molecule has 0 bridgehead atoms. The number of aromatic nitrogens is 1. The second kappa shape index (κ2) is 4.42. The highest BCUT2D eigenvalue weighted by molar-refractivity contribution is 5.98. The van der Waals surface area contributed by atoms with Gasteiger partial charge in [-0.2, -0.15) is 0 Å². The van der Waals surface area contributed by atoms with Gasteiger partial charge in [0.2, 0.25) is 0 Å². The van der Waals surface area contributed by atoms with E-state index in [-0.39, 0.29) is 18.4 Å². The highest BCUT2D eigenvalue weighted by atomic mass is 35.5. The van der Waals surface area contributed by atoms with Crippen LogP contribution in [0.2, 0.25) is 0 Å². The molecule has 1 aliphatic carbocycles. The lowest BCUT2D eigenvalue weighted by atomic mass is 9.91. The quantitative estimate of drug-likeness (QED) is 0.598. The van der Waals surface area contributed by atoms with Crippen LogP contribution in [0.3, 0.4) is 0 Å². The largest absolute Gasteiger partial charge is 0.434 e. The number of ether oxygens (including phenoxy) is 1. The standard InChI is InChI=1S/C15H16N2O2.ClH/c16-11-4-5-12-10(8-11)9-13-14(18)19-15(17(12)13)6-2-1-3-7-15;/h4-5,8-9H,1-3,6-7,16H2;1H. The molecule has 2 aromatic rings. The summed E-state index contributed by atoms with van der Waals surface area (Å²) in [5, 5.41) is 1.02. The zero-order chi connectivity index (χ0) is 13.0. The molecule has 0 saturated heterocycles. The number of esters is 1. The Kier molecular flexibility index (Phi) is 2.94. The summed E-state index contributed by atoms with van der Waals surface area (Å²) in [5.74, 6) is -0.198. The first-order valence-corrected chi connectivity index (χ1v) is 6.84. The number of rotatable bonds is 0. The summed E-state index contributed by atoms with van der Waals surface area (Å²) in [7, 11) is 0. The maximum absolute atomic E-state index is 12.1. The number of anilines is 1. The predicted molar refractivity (Wildman–Crippen MR) is 80.1 cm³/mol. The summed E-state index contributed by atoms with van der Waals surface area (Å²) in [6.07, 6.45) is 5.28. The Morgan fingerprint density at radius 1 is 1.15 bits per heavy atom. The van der Waals surface area contributed by atoms with Crippen molar-refractivity contribution in [1.29, 1.82) is 0 Å². The van der Waals surface area contributed by atoms with E-state index in [0.29, 0.717) is 5.69 Å². The molecule has 2 heterocycles. The van der Waals surface area contributed by atoms with Crippen LogP contribution in [0.1, 0.15) is 42.6 Å². The van der Waals surface area contributed by atoms with E-state index in [1.807, 2.05) is 24.3 Å². The van der Waals surface area contributed by atoms with E-state index >= 15 is 0 Å². The molecular weight excluding hydrogens is 276 g/mol. The smallest absolute Gasteiger partial charge is 0.357 e. The van der Waals surface area contributed by atoms with Gasteiger partial charge in [-0.05, 0) is 37.1 Å². The van der Waals surface area contributed by atoms with Crippen molar-refractivity contribution in [3.8, 4) is 0 Å². The van der Waals surface area contributed by atoms with Crippen molar-refractivity contribution in [3.05, 3.63) is 30.0 Å². The van der Waals surface area contributed by atoms with E-state index in [1.165, 1.54) is 6.42 Å². The lowest BCUT2D eigenvalue weighted by Crippen LogP contribution is -2.34. The number of hydrogen-bond donors (Lipinski definition) is 1. The van der Waals surface area contributed by atoms with Crippen molar-refractivity contribution >= 4 is 35.0 Å². The summed E-state index contributed by atoms with van der Waals surface area (Å²) in [4.78, 5) is 12.1. The molecule has 1 fully saturated rings. The number of fused-ring (bicyclic) bond motifs is 4. The third-order valence-electron chi connectivity index (χ3n) is 4.36. The topological polar surface area (TPSA) is 57.2 Å². The van der Waals surface area contributed by atoms with Gasteiger partial charge in [0.15, 0.2) is 5.72 Å². The van der Waals surface area contributed by atoms with E-state index in [4.69, 9.17) is 10.5 Å². The Morgan fingerprint density at radius 3 is 2.65 bits per heavy atom. The van der Waals surface area contributed by atoms with Crippen LogP contribution >= 0.6 is 12.4 Å². The Morgan fingerprint density at radius 2 is 1.90 bits per heavy atom. The summed E-state index contributed by atoms with van der Waals surface area (Å²) in [6.45, 7) is 0. The van der Waals surface area contributed by atoms with Crippen molar-refractivity contribution in [2.45, 2.75) is 37.8 Å². The second-order valence-corrected chi connectivity index (χ2v) is 5.58. The van der Waals surface area contributed by atoms with Crippen LogP contribution in [0.25, 0.3) is 10.9 Å². The molecule has 1 aliphatic heterocycles. The van der Waals surface area contributed by atoms with Crippen LogP contribution in [-0.4, -0.2) is 10.5 Å². The number of carbonyl (C=O) groups excluding carboxylic acids is 1. The fourth-order valence-corrected chi connectivity index (χ4v) is 3.52. The van der Waals surface area contributed by atoms with E-state index in [1.54, 1.807) is 0 Å². The lowest BCUT2D eigenvalue weighted by Gasteiger charge is -2.34. The van der Waals surface area contributed by atoms with Crippen molar-refractivity contribution in [3.63, 3.8) is 0 Å². The SMILES string of the molecule is Cl.Nc1ccc2c(c1)cc1n2C2(CCCCC2)OC1=O. The minimum atomic E-state index is -0.442. The van der Waals surface area contributed by atoms with Gasteiger partial charge in [0.05, 0.1) is 5.52 Å². The van der Waals surface area contributed by atoms with Crippen LogP contribution in [0.4, 0.5) is 5.69 Å². The Labute approximate surface area is 123 Å². The maximum atomic E-state index is 12.1. The van der Waals surface area contributed by atoms with E-state index in [9.17, 15) is 4.79 Å². The van der Waals surface area contributed by atoms with Crippen LogP contribution in [-0.2, 0) is 10.5 Å². The zero-order valence-corrected chi connectivity index (χ0v) is 11.9. The van der Waals surface area contributed by atoms with Gasteiger partial charge < -0.3 is 10.5 Å². The van der Waals surface area contributed by atoms with Gasteiger partial charge in [0, 0.05) is 23.9 Å². The van der Waals surface area contributed by atoms with Gasteiger partial charge in [-0.3, -0.25) is 4.57 Å². The number of benzene rings is 1. The minimum Gasteiger partial charge on any atom is -0.434 e. The van der Waals surface area contributed by atoms with Crippen LogP contribution in [0, 0.1) is 0 Å². The van der Waals surface area contributed by atoms with Crippen molar-refractivity contribution < 1.29 is 9.53 Å². The van der Waals surface area contributed by atoms with Gasteiger partial charge in [0.1, 0.15) is 5.69 Å². The fourth-order valence-electron chi connectivity index (χ4n) is 3.52. The summed E-state index contributed by atoms with van der Waals surface area (Å²) in [5.41, 5.74) is 7.83. The molecule has 4 rings (SSSR count). The van der Waals surface area contributed by atoms with Gasteiger partial charge >= 0.3 is 5.97 Å². The summed E-state index contributed by atoms with van der Waals surface area (Å²) < 4.78 is 7.83. The highest BCUT2D eigenvalue weighted by Crippen LogP contribution is 2.44. The second-order valence-electron chi connectivity index (χ2n) is 5.58. The summed E-state index contributed by atoms with van der Waals surface area (Å²) in [6, 6.07) is 7.70. The molecule has 5 heteroatoms.